The Morgan fingerprint density at radius 3 is 2.56 bits per heavy atom. The quantitative estimate of drug-likeness (QED) is 0.0884. The predicted octanol–water partition coefficient (Wildman–Crippen LogP) is 12.3. The summed E-state index contributed by atoms with van der Waals surface area (Å²) in [5, 5.41) is 56.0. The number of ketones is 1. The highest BCUT2D eigenvalue weighted by atomic mass is 16.6. The van der Waals surface area contributed by atoms with Gasteiger partial charge in [0, 0.05) is 80.2 Å². The number of aliphatic hydroxyl groups excluding tert-OH is 2. The van der Waals surface area contributed by atoms with E-state index in [2.05, 4.69) is 83.3 Å². The lowest BCUT2D eigenvalue weighted by molar-refractivity contribution is -0.307. The van der Waals surface area contributed by atoms with E-state index in [0.29, 0.717) is 109 Å². The molecule has 2 aromatic carbocycles. The Labute approximate surface area is 523 Å². The van der Waals surface area contributed by atoms with Gasteiger partial charge in [-0.2, -0.15) is 0 Å². The maximum Gasteiger partial charge on any atom is 0.207 e. The minimum absolute atomic E-state index is 0.00830. The summed E-state index contributed by atoms with van der Waals surface area (Å²) in [5.41, 5.74) is 0.881. The Balaban J connectivity index is 0.964. The maximum atomic E-state index is 16.3. The van der Waals surface area contributed by atoms with Crippen molar-refractivity contribution < 1.29 is 44.2 Å². The first-order valence-corrected chi connectivity index (χ1v) is 34.8. The average molecular weight is 1200 g/mol. The number of anilines is 1. The number of nitrogens with one attached hydrogen (secondary N) is 3. The number of aromatic hydroxyl groups is 1. The number of guanidine groups is 1. The summed E-state index contributed by atoms with van der Waals surface area (Å²) >= 11 is 0. The van der Waals surface area contributed by atoms with Gasteiger partial charge in [-0.3, -0.25) is 15.1 Å². The molecule has 4 bridgehead atoms. The third kappa shape index (κ3) is 10.1. The van der Waals surface area contributed by atoms with Gasteiger partial charge in [0.2, 0.25) is 11.7 Å². The molecule has 8 saturated carbocycles. The Bertz CT molecular complexity index is 3200. The number of fused-ring (bicyclic) bond motifs is 13. The first-order chi connectivity index (χ1) is 42.7. The second kappa shape index (κ2) is 23.6. The maximum absolute atomic E-state index is 16.3. The lowest BCUT2D eigenvalue weighted by atomic mass is 9.42. The number of phenols is 1. The van der Waals surface area contributed by atoms with E-state index in [1.165, 1.54) is 63.4 Å². The van der Waals surface area contributed by atoms with Crippen molar-refractivity contribution >= 4 is 17.4 Å². The Morgan fingerprint density at radius 2 is 1.75 bits per heavy atom. The van der Waals surface area contributed by atoms with Crippen LogP contribution in [-0.4, -0.2) is 90.6 Å². The van der Waals surface area contributed by atoms with Crippen LogP contribution in [0.3, 0.4) is 0 Å². The van der Waals surface area contributed by atoms with Crippen molar-refractivity contribution in [2.24, 2.45) is 91.7 Å². The molecule has 474 valence electrons. The number of aliphatic hydroxyl groups is 3. The van der Waals surface area contributed by atoms with Gasteiger partial charge in [-0.1, -0.05) is 75.2 Å². The van der Waals surface area contributed by atoms with E-state index in [9.17, 15) is 20.4 Å². The molecule has 9 aliphatic carbocycles. The van der Waals surface area contributed by atoms with Gasteiger partial charge in [-0.25, -0.2) is 0 Å². The zero-order valence-corrected chi connectivity index (χ0v) is 53.1. The number of allylic oxidation sites excluding steroid dienone is 3. The smallest absolute Gasteiger partial charge is 0.207 e. The summed E-state index contributed by atoms with van der Waals surface area (Å²) in [7, 11) is 5.37. The van der Waals surface area contributed by atoms with Crippen LogP contribution in [0.4, 0.5) is 5.69 Å². The molecule has 12 aliphatic rings. The number of hydrogen-bond donors (Lipinski definition) is 7. The van der Waals surface area contributed by atoms with Crippen LogP contribution < -0.4 is 30.2 Å². The number of likely N-dealkylation sites (N-methyl/N-ethyl adjacent to an activating group) is 1. The van der Waals surface area contributed by atoms with Crippen molar-refractivity contribution in [1.82, 2.24) is 10.6 Å². The van der Waals surface area contributed by atoms with Crippen molar-refractivity contribution in [1.29, 1.82) is 0 Å². The predicted molar refractivity (Wildman–Crippen MR) is 341 cm³/mol. The normalized spacial score (nSPS) is 42.4. The molecule has 0 aromatic heterocycles. The molecular weight excluding hydrogens is 1100 g/mol. The molecule has 13 nitrogen and oxygen atoms in total. The van der Waals surface area contributed by atoms with Crippen molar-refractivity contribution in [2.45, 2.75) is 203 Å². The molecule has 9 fully saturated rings. The fraction of sp³-hybridized carbons (Fsp3) is 0.707. The molecule has 0 radical (unpaired) electrons. The number of methoxy groups -OCH3 is 1. The van der Waals surface area contributed by atoms with E-state index < -0.39 is 27.6 Å². The molecule has 13 heteroatoms. The molecule has 7 N–H and O–H groups in total. The van der Waals surface area contributed by atoms with Gasteiger partial charge in [0.25, 0.3) is 0 Å². The topological polar surface area (TPSA) is 183 Å². The Kier molecular flexibility index (Phi) is 16.2. The number of hydrogen-bond acceptors (Lipinski definition) is 11. The number of nitrogens with zero attached hydrogens (tertiary/aromatic N) is 1. The summed E-state index contributed by atoms with van der Waals surface area (Å²) in [6, 6.07) is 13.6. The van der Waals surface area contributed by atoms with E-state index in [4.69, 9.17) is 23.9 Å². The molecule has 14 rings (SSSR count). The first-order valence-electron chi connectivity index (χ1n) is 34.8. The van der Waals surface area contributed by atoms with Crippen LogP contribution in [0.1, 0.15) is 185 Å². The molecule has 0 unspecified atom stereocenters. The zero-order valence-electron chi connectivity index (χ0n) is 53.1. The van der Waals surface area contributed by atoms with Crippen molar-refractivity contribution in [2.75, 3.05) is 46.3 Å². The third-order valence-corrected chi connectivity index (χ3v) is 26.8. The largest absolute Gasteiger partial charge is 0.504 e. The summed E-state index contributed by atoms with van der Waals surface area (Å²) < 4.78 is 27.5. The molecule has 4 spiro atoms. The standard InChI is InChI=1S/C75H100N4O9/c1-5-48-16-20-56-57(15-10-34-80)67-70(30-29-69(44-70)25-6-7-26-69)31-32-74(67)55-39-60(79-68(77-3)78-33-9-13-52-12-8-27-73(52,64(83)23-21-59(74)58(56)36-48)41-49-17-22-61(82)62(37-49)85-4)66-63(40-55)87-72(47-76-2)42-54(14-11-35-86-66)71(45-72)28-24-53-38-50-18-19-51(43-81)65(50)88-75(53,84)46-71/h17,21-24,28,37,39-40,48,50-54,56-59,65,67,76,80-82,84H,5-8,10,12-16,18-20,25-27,29-32,34,36,38,41-47H2,1-4H3,(H2,77,78,79)/b23-21+/t48-,50+,51-,52-,53+,54+,56-,57-,58-,59-,65+,67-,70+,71+,72-,73-,74-,75-/m1/s1. The van der Waals surface area contributed by atoms with Gasteiger partial charge < -0.3 is 50.0 Å². The van der Waals surface area contributed by atoms with E-state index >= 15 is 4.79 Å². The van der Waals surface area contributed by atoms with Crippen LogP contribution in [0.15, 0.2) is 59.6 Å². The molecule has 2 aromatic rings. The van der Waals surface area contributed by atoms with Crippen LogP contribution in [-0.2, 0) is 21.4 Å². The highest BCUT2D eigenvalue weighted by Gasteiger charge is 2.71. The van der Waals surface area contributed by atoms with Gasteiger partial charge >= 0.3 is 0 Å². The summed E-state index contributed by atoms with van der Waals surface area (Å²) in [6.45, 7) is 3.16. The monoisotopic (exact) mass is 1200 g/mol. The number of rotatable bonds is 10. The van der Waals surface area contributed by atoms with Crippen molar-refractivity contribution in [3.8, 4) is 47.0 Å². The molecular formula is C75H100N4O9. The van der Waals surface area contributed by atoms with Crippen LogP contribution in [0, 0.1) is 111 Å². The number of aliphatic imine (C=N–C) groups is 1. The van der Waals surface area contributed by atoms with Crippen molar-refractivity contribution in [3.63, 3.8) is 0 Å². The van der Waals surface area contributed by atoms with Gasteiger partial charge in [0.05, 0.1) is 18.9 Å². The van der Waals surface area contributed by atoms with Gasteiger partial charge in [-0.15, -0.1) is 0 Å². The molecule has 88 heavy (non-hydrogen) atoms. The Hall–Kier alpha value is -5.02. The van der Waals surface area contributed by atoms with E-state index in [1.807, 2.05) is 19.2 Å². The lowest BCUT2D eigenvalue weighted by Gasteiger charge is -2.62. The minimum Gasteiger partial charge on any atom is -0.504 e. The highest BCUT2D eigenvalue weighted by Crippen LogP contribution is 2.77. The fourth-order valence-electron chi connectivity index (χ4n) is 23.2. The average Bonchev–Trinajstić information content (AvgIpc) is 1.47. The van der Waals surface area contributed by atoms with E-state index in [-0.39, 0.29) is 71.8 Å². The van der Waals surface area contributed by atoms with Gasteiger partial charge in [0.1, 0.15) is 11.7 Å². The SMILES string of the molecule is CC[C@@H]1CC[C@H]2[C@@H](C1)[C@H]1/C=C/C(=O)[C@@]3(Cc4ccc(O)c(OC)c4)CCC[C@@H]3CC#CNC(=NC)Nc3cc(cc4c3OC#CC[C@H]3C[C@](CNC)(C[C@]35C=C[C@H]3C[C@@H]6CC[C@H](CO)[C@H]6O[C@]3(O)C5)O4)[C@]13CC[C@]1(CCC4(CCCC4)C1)[C@H]3[C@@H]2CCCO. The fourth-order valence-corrected chi connectivity index (χ4v) is 23.2. The summed E-state index contributed by atoms with van der Waals surface area (Å²) in [5.74, 6) is 10.1. The molecule has 18 atom stereocenters. The van der Waals surface area contributed by atoms with E-state index in [1.54, 1.807) is 20.2 Å². The minimum atomic E-state index is -1.38. The number of carbonyl (C=O) groups excluding carboxylic acids is 1. The lowest BCUT2D eigenvalue weighted by Crippen LogP contribution is -2.58. The Morgan fingerprint density at radius 1 is 0.898 bits per heavy atom. The molecule has 3 heterocycles. The summed E-state index contributed by atoms with van der Waals surface area (Å²) in [6.07, 6.45) is 38.4. The second-order valence-electron chi connectivity index (χ2n) is 30.9. The summed E-state index contributed by atoms with van der Waals surface area (Å²) in [4.78, 5) is 21.1. The highest BCUT2D eigenvalue weighted by molar-refractivity contribution is 5.97. The number of phenolic OH excluding ortho intramolecular Hbond substituents is 1. The first kappa shape index (κ1) is 60.5. The van der Waals surface area contributed by atoms with Crippen LogP contribution in [0.25, 0.3) is 0 Å². The second-order valence-corrected chi connectivity index (χ2v) is 30.9. The molecule has 3 aliphatic heterocycles. The van der Waals surface area contributed by atoms with E-state index in [0.717, 1.165) is 82.6 Å². The number of ether oxygens (including phenoxy) is 4. The number of carbonyl (C=O) groups is 1. The van der Waals surface area contributed by atoms with Gasteiger partial charge in [0.15, 0.2) is 28.8 Å². The molecule has 1 saturated heterocycles. The van der Waals surface area contributed by atoms with Crippen molar-refractivity contribution in [3.05, 3.63) is 65.8 Å². The molecule has 0 amide bonds. The van der Waals surface area contributed by atoms with Crippen LogP contribution in [0.2, 0.25) is 0 Å². The third-order valence-electron chi connectivity index (χ3n) is 26.8. The zero-order chi connectivity index (χ0) is 60.7. The number of benzene rings is 2. The van der Waals surface area contributed by atoms with Gasteiger partial charge in [-0.05, 0) is 235 Å². The van der Waals surface area contributed by atoms with Crippen LogP contribution in [0.5, 0.6) is 23.0 Å². The van der Waals surface area contributed by atoms with Crippen LogP contribution >= 0.6 is 0 Å².